The maximum Gasteiger partial charge on any atom is 0.410 e. The molecule has 4 nitrogen and oxygen atoms in total. The number of aryl methyl sites for hydroxylation is 1. The lowest BCUT2D eigenvalue weighted by Crippen LogP contribution is -2.50. The van der Waals surface area contributed by atoms with Gasteiger partial charge < -0.3 is 14.5 Å². The smallest absolute Gasteiger partial charge is 0.410 e. The molecular weight excluding hydrogens is 332 g/mol. The fraction of sp³-hybridized carbons (Fsp3) is 0.562. The van der Waals surface area contributed by atoms with Gasteiger partial charge in [-0.25, -0.2) is 4.79 Å². The third kappa shape index (κ3) is 4.13. The van der Waals surface area contributed by atoms with Crippen molar-refractivity contribution in [1.29, 1.82) is 0 Å². The van der Waals surface area contributed by atoms with Gasteiger partial charge in [-0.3, -0.25) is 0 Å². The largest absolute Gasteiger partial charge is 0.444 e. The number of para-hydroxylation sites is 1. The van der Waals surface area contributed by atoms with E-state index in [2.05, 4.69) is 39.9 Å². The minimum Gasteiger partial charge on any atom is -0.444 e. The van der Waals surface area contributed by atoms with Gasteiger partial charge in [0.05, 0.1) is 5.69 Å². The van der Waals surface area contributed by atoms with Gasteiger partial charge in [-0.1, -0.05) is 12.1 Å². The molecule has 1 aliphatic rings. The van der Waals surface area contributed by atoms with Crippen molar-refractivity contribution in [2.45, 2.75) is 33.3 Å². The van der Waals surface area contributed by atoms with E-state index >= 15 is 0 Å². The average molecular weight is 355 g/mol. The molecule has 5 heteroatoms. The van der Waals surface area contributed by atoms with Crippen LogP contribution in [0.25, 0.3) is 0 Å². The summed E-state index contributed by atoms with van der Waals surface area (Å²) in [5.74, 6) is 0. The zero-order valence-electron chi connectivity index (χ0n) is 13.1. The van der Waals surface area contributed by atoms with Crippen LogP contribution in [0.5, 0.6) is 0 Å². The fourth-order valence-electron chi connectivity index (χ4n) is 2.46. The first-order chi connectivity index (χ1) is 9.78. The van der Waals surface area contributed by atoms with E-state index in [0.29, 0.717) is 13.1 Å². The molecule has 2 rings (SSSR count). The summed E-state index contributed by atoms with van der Waals surface area (Å²) in [6, 6.07) is 6.21. The number of anilines is 1. The van der Waals surface area contributed by atoms with Crippen molar-refractivity contribution in [3.8, 4) is 0 Å². The van der Waals surface area contributed by atoms with Crippen molar-refractivity contribution in [2.75, 3.05) is 31.1 Å². The minimum absolute atomic E-state index is 0.217. The Morgan fingerprint density at radius 1 is 1.19 bits per heavy atom. The highest BCUT2D eigenvalue weighted by atomic mass is 79.9. The molecule has 0 N–H and O–H groups in total. The molecule has 0 aliphatic carbocycles. The fourth-order valence-corrected chi connectivity index (χ4v) is 3.18. The molecule has 0 bridgehead atoms. The monoisotopic (exact) mass is 354 g/mol. The first kappa shape index (κ1) is 16.1. The quantitative estimate of drug-likeness (QED) is 0.768. The van der Waals surface area contributed by atoms with E-state index < -0.39 is 5.60 Å². The van der Waals surface area contributed by atoms with Gasteiger partial charge in [-0.05, 0) is 55.3 Å². The van der Waals surface area contributed by atoms with Gasteiger partial charge in [0.15, 0.2) is 0 Å². The van der Waals surface area contributed by atoms with Gasteiger partial charge in [0.2, 0.25) is 0 Å². The van der Waals surface area contributed by atoms with E-state index in [4.69, 9.17) is 4.74 Å². The number of ether oxygens (including phenoxy) is 1. The van der Waals surface area contributed by atoms with E-state index in [1.807, 2.05) is 26.8 Å². The molecule has 0 saturated carbocycles. The van der Waals surface area contributed by atoms with Gasteiger partial charge in [0.25, 0.3) is 0 Å². The van der Waals surface area contributed by atoms with Gasteiger partial charge >= 0.3 is 6.09 Å². The maximum absolute atomic E-state index is 12.1. The van der Waals surface area contributed by atoms with Gasteiger partial charge in [-0.2, -0.15) is 0 Å². The third-order valence-corrected chi connectivity index (χ3v) is 4.08. The Hall–Kier alpha value is -1.23. The summed E-state index contributed by atoms with van der Waals surface area (Å²) in [6.07, 6.45) is -0.217. The standard InChI is InChI=1S/C16H23BrN2O2/c1-12-6-5-7-13(17)14(12)18-8-10-19(11-9-18)15(20)21-16(2,3)4/h5-7H,8-11H2,1-4H3. The van der Waals surface area contributed by atoms with Crippen LogP contribution >= 0.6 is 15.9 Å². The first-order valence-electron chi connectivity index (χ1n) is 7.26. The topological polar surface area (TPSA) is 32.8 Å². The molecule has 1 aromatic carbocycles. The Labute approximate surface area is 135 Å². The number of hydrogen-bond acceptors (Lipinski definition) is 3. The van der Waals surface area contributed by atoms with Crippen molar-refractivity contribution < 1.29 is 9.53 Å². The lowest BCUT2D eigenvalue weighted by Gasteiger charge is -2.37. The Morgan fingerprint density at radius 2 is 1.81 bits per heavy atom. The maximum atomic E-state index is 12.1. The van der Waals surface area contributed by atoms with Crippen LogP contribution in [0.3, 0.4) is 0 Å². The normalized spacial score (nSPS) is 16.0. The van der Waals surface area contributed by atoms with Crippen molar-refractivity contribution in [3.63, 3.8) is 0 Å². The molecule has 1 fully saturated rings. The summed E-state index contributed by atoms with van der Waals surface area (Å²) >= 11 is 3.62. The van der Waals surface area contributed by atoms with E-state index in [0.717, 1.165) is 17.6 Å². The lowest BCUT2D eigenvalue weighted by atomic mass is 10.1. The summed E-state index contributed by atoms with van der Waals surface area (Å²) < 4.78 is 6.53. The molecule has 0 atom stereocenters. The Morgan fingerprint density at radius 3 is 2.33 bits per heavy atom. The Balaban J connectivity index is 1.99. The summed E-state index contributed by atoms with van der Waals surface area (Å²) in [6.45, 7) is 10.8. The number of halogens is 1. The van der Waals surface area contributed by atoms with Crippen LogP contribution < -0.4 is 4.90 Å². The van der Waals surface area contributed by atoms with Crippen molar-refractivity contribution in [2.24, 2.45) is 0 Å². The number of amides is 1. The van der Waals surface area contributed by atoms with Crippen LogP contribution in [0.2, 0.25) is 0 Å². The molecule has 0 radical (unpaired) electrons. The Bertz CT molecular complexity index is 497. The lowest BCUT2D eigenvalue weighted by molar-refractivity contribution is 0.0240. The second-order valence-electron chi connectivity index (χ2n) is 6.36. The molecule has 0 spiro atoms. The molecule has 116 valence electrons. The average Bonchev–Trinajstić information content (AvgIpc) is 2.37. The summed E-state index contributed by atoms with van der Waals surface area (Å²) in [7, 11) is 0. The second-order valence-corrected chi connectivity index (χ2v) is 7.21. The van der Waals surface area contributed by atoms with Crippen LogP contribution in [-0.4, -0.2) is 42.8 Å². The molecule has 1 saturated heterocycles. The molecule has 1 heterocycles. The van der Waals surface area contributed by atoms with Crippen LogP contribution in [0.15, 0.2) is 22.7 Å². The number of carbonyl (C=O) groups excluding carboxylic acids is 1. The van der Waals surface area contributed by atoms with Crippen molar-refractivity contribution in [3.05, 3.63) is 28.2 Å². The van der Waals surface area contributed by atoms with E-state index in [1.54, 1.807) is 4.90 Å². The molecule has 1 aromatic rings. The molecule has 0 aromatic heterocycles. The van der Waals surface area contributed by atoms with Crippen LogP contribution in [-0.2, 0) is 4.74 Å². The minimum atomic E-state index is -0.437. The Kier molecular flexibility index (Phi) is 4.81. The van der Waals surface area contributed by atoms with Crippen molar-refractivity contribution in [1.82, 2.24) is 4.90 Å². The number of benzene rings is 1. The number of piperazine rings is 1. The first-order valence-corrected chi connectivity index (χ1v) is 8.05. The summed E-state index contributed by atoms with van der Waals surface area (Å²) in [4.78, 5) is 16.2. The van der Waals surface area contributed by atoms with Gasteiger partial charge in [0.1, 0.15) is 5.60 Å². The molecule has 21 heavy (non-hydrogen) atoms. The van der Waals surface area contributed by atoms with Crippen LogP contribution in [0.4, 0.5) is 10.5 Å². The van der Waals surface area contributed by atoms with Crippen LogP contribution in [0, 0.1) is 6.92 Å². The summed E-state index contributed by atoms with van der Waals surface area (Å²) in [5, 5.41) is 0. The zero-order chi connectivity index (χ0) is 15.6. The number of hydrogen-bond donors (Lipinski definition) is 0. The third-order valence-electron chi connectivity index (χ3n) is 3.44. The predicted octanol–water partition coefficient (Wildman–Crippen LogP) is 3.81. The van der Waals surface area contributed by atoms with Crippen molar-refractivity contribution >= 4 is 27.7 Å². The van der Waals surface area contributed by atoms with E-state index in [-0.39, 0.29) is 6.09 Å². The van der Waals surface area contributed by atoms with E-state index in [1.165, 1.54) is 11.3 Å². The number of carbonyl (C=O) groups is 1. The molecule has 1 aliphatic heterocycles. The second kappa shape index (κ2) is 6.26. The molecule has 0 unspecified atom stereocenters. The highest BCUT2D eigenvalue weighted by Crippen LogP contribution is 2.30. The summed E-state index contributed by atoms with van der Waals surface area (Å²) in [5.41, 5.74) is 2.03. The number of rotatable bonds is 1. The number of nitrogens with zero attached hydrogens (tertiary/aromatic N) is 2. The van der Waals surface area contributed by atoms with E-state index in [9.17, 15) is 4.79 Å². The predicted molar refractivity (Wildman–Crippen MR) is 88.9 cm³/mol. The zero-order valence-corrected chi connectivity index (χ0v) is 14.7. The molecule has 1 amide bonds. The van der Waals surface area contributed by atoms with Gasteiger partial charge in [-0.15, -0.1) is 0 Å². The highest BCUT2D eigenvalue weighted by molar-refractivity contribution is 9.10. The molecular formula is C16H23BrN2O2. The van der Waals surface area contributed by atoms with Crippen LogP contribution in [0.1, 0.15) is 26.3 Å². The SMILES string of the molecule is Cc1cccc(Br)c1N1CCN(C(=O)OC(C)(C)C)CC1. The van der Waals surface area contributed by atoms with Gasteiger partial charge in [0, 0.05) is 30.7 Å². The highest BCUT2D eigenvalue weighted by Gasteiger charge is 2.26.